The quantitative estimate of drug-likeness (QED) is 0.708. The number of hydrogen-bond donors (Lipinski definition) is 1. The molecule has 100 valence electrons. The SMILES string of the molecule is Nc1noc(-c2cc(Br)ccc2Cl)c1-c1ccccc1. The Morgan fingerprint density at radius 2 is 1.85 bits per heavy atom. The summed E-state index contributed by atoms with van der Waals surface area (Å²) in [6, 6.07) is 15.3. The summed E-state index contributed by atoms with van der Waals surface area (Å²) in [5.41, 5.74) is 8.39. The first-order valence-electron chi connectivity index (χ1n) is 5.93. The smallest absolute Gasteiger partial charge is 0.178 e. The molecular formula is C15H10BrClN2O. The summed E-state index contributed by atoms with van der Waals surface area (Å²) in [5, 5.41) is 4.45. The Hall–Kier alpha value is -1.78. The molecule has 0 atom stereocenters. The maximum atomic E-state index is 6.25. The average Bonchev–Trinajstić information content (AvgIpc) is 2.84. The second-order valence-corrected chi connectivity index (χ2v) is 5.59. The van der Waals surface area contributed by atoms with Crippen molar-refractivity contribution < 1.29 is 4.52 Å². The minimum Gasteiger partial charge on any atom is -0.380 e. The highest BCUT2D eigenvalue weighted by Crippen LogP contribution is 2.40. The molecule has 20 heavy (non-hydrogen) atoms. The van der Waals surface area contributed by atoms with Crippen LogP contribution in [0.5, 0.6) is 0 Å². The van der Waals surface area contributed by atoms with Crippen LogP contribution in [0.4, 0.5) is 5.82 Å². The van der Waals surface area contributed by atoms with Crippen LogP contribution in [0.25, 0.3) is 22.5 Å². The summed E-state index contributed by atoms with van der Waals surface area (Å²) in [4.78, 5) is 0. The van der Waals surface area contributed by atoms with Crippen molar-refractivity contribution in [1.82, 2.24) is 5.16 Å². The molecule has 0 spiro atoms. The number of hydrogen-bond acceptors (Lipinski definition) is 3. The van der Waals surface area contributed by atoms with Crippen molar-refractivity contribution in [2.45, 2.75) is 0 Å². The lowest BCUT2D eigenvalue weighted by molar-refractivity contribution is 0.436. The highest BCUT2D eigenvalue weighted by Gasteiger charge is 2.19. The van der Waals surface area contributed by atoms with E-state index >= 15 is 0 Å². The van der Waals surface area contributed by atoms with Gasteiger partial charge in [0, 0.05) is 10.0 Å². The number of nitrogens with zero attached hydrogens (tertiary/aromatic N) is 1. The fourth-order valence-corrected chi connectivity index (χ4v) is 2.61. The van der Waals surface area contributed by atoms with E-state index in [0.717, 1.165) is 21.2 Å². The Morgan fingerprint density at radius 3 is 2.60 bits per heavy atom. The third kappa shape index (κ3) is 2.32. The molecule has 0 aliphatic carbocycles. The topological polar surface area (TPSA) is 52.0 Å². The number of benzene rings is 2. The normalized spacial score (nSPS) is 10.7. The van der Waals surface area contributed by atoms with Crippen LogP contribution in [0.3, 0.4) is 0 Å². The van der Waals surface area contributed by atoms with Crippen molar-refractivity contribution in [3.8, 4) is 22.5 Å². The van der Waals surface area contributed by atoms with Crippen molar-refractivity contribution in [2.75, 3.05) is 5.73 Å². The summed E-state index contributed by atoms with van der Waals surface area (Å²) in [5.74, 6) is 0.919. The van der Waals surface area contributed by atoms with Gasteiger partial charge in [-0.1, -0.05) is 63.0 Å². The molecule has 0 unspecified atom stereocenters. The number of rotatable bonds is 2. The molecule has 3 rings (SSSR count). The van der Waals surface area contributed by atoms with E-state index < -0.39 is 0 Å². The maximum absolute atomic E-state index is 6.25. The summed E-state index contributed by atoms with van der Waals surface area (Å²) >= 11 is 9.68. The van der Waals surface area contributed by atoms with Gasteiger partial charge < -0.3 is 10.3 Å². The van der Waals surface area contributed by atoms with Gasteiger partial charge in [0.05, 0.1) is 10.6 Å². The lowest BCUT2D eigenvalue weighted by Crippen LogP contribution is -1.89. The van der Waals surface area contributed by atoms with Gasteiger partial charge in [0.2, 0.25) is 0 Å². The first-order valence-corrected chi connectivity index (χ1v) is 7.10. The Kier molecular flexibility index (Phi) is 3.51. The van der Waals surface area contributed by atoms with Gasteiger partial charge in [0.1, 0.15) is 0 Å². The third-order valence-corrected chi connectivity index (χ3v) is 3.78. The Labute approximate surface area is 129 Å². The van der Waals surface area contributed by atoms with Gasteiger partial charge in [-0.3, -0.25) is 0 Å². The summed E-state index contributed by atoms with van der Waals surface area (Å²) in [7, 11) is 0. The minimum absolute atomic E-state index is 0.349. The van der Waals surface area contributed by atoms with Gasteiger partial charge in [0.15, 0.2) is 11.6 Å². The number of nitrogens with two attached hydrogens (primary N) is 1. The maximum Gasteiger partial charge on any atom is 0.178 e. The molecule has 0 saturated carbocycles. The number of nitrogen functional groups attached to an aromatic ring is 1. The highest BCUT2D eigenvalue weighted by molar-refractivity contribution is 9.10. The fourth-order valence-electron chi connectivity index (χ4n) is 2.04. The molecule has 0 amide bonds. The predicted molar refractivity (Wildman–Crippen MR) is 84.5 cm³/mol. The van der Waals surface area contributed by atoms with E-state index in [1.165, 1.54) is 0 Å². The van der Waals surface area contributed by atoms with Gasteiger partial charge >= 0.3 is 0 Å². The van der Waals surface area contributed by atoms with Crippen molar-refractivity contribution in [2.24, 2.45) is 0 Å². The van der Waals surface area contributed by atoms with Gasteiger partial charge in [-0.25, -0.2) is 0 Å². The summed E-state index contributed by atoms with van der Waals surface area (Å²) in [6.07, 6.45) is 0. The van der Waals surface area contributed by atoms with Crippen molar-refractivity contribution in [3.63, 3.8) is 0 Å². The Bertz CT molecular complexity index is 756. The number of aromatic nitrogens is 1. The molecule has 1 aromatic heterocycles. The van der Waals surface area contributed by atoms with E-state index in [2.05, 4.69) is 21.1 Å². The first kappa shape index (κ1) is 13.2. The molecule has 2 N–H and O–H groups in total. The Morgan fingerprint density at radius 1 is 1.10 bits per heavy atom. The molecule has 3 aromatic rings. The highest BCUT2D eigenvalue weighted by atomic mass is 79.9. The number of halogens is 2. The van der Waals surface area contributed by atoms with Crippen molar-refractivity contribution in [1.29, 1.82) is 0 Å². The van der Waals surface area contributed by atoms with E-state index in [1.807, 2.05) is 42.5 Å². The van der Waals surface area contributed by atoms with Crippen LogP contribution in [-0.4, -0.2) is 5.16 Å². The Balaban J connectivity index is 2.24. The molecule has 3 nitrogen and oxygen atoms in total. The van der Waals surface area contributed by atoms with E-state index in [-0.39, 0.29) is 0 Å². The second kappa shape index (κ2) is 5.31. The molecule has 0 fully saturated rings. The zero-order valence-corrected chi connectivity index (χ0v) is 12.6. The fraction of sp³-hybridized carbons (Fsp3) is 0. The van der Waals surface area contributed by atoms with Crippen LogP contribution in [0, 0.1) is 0 Å². The monoisotopic (exact) mass is 348 g/mol. The standard InChI is InChI=1S/C15H10BrClN2O/c16-10-6-7-12(17)11(8-10)14-13(15(18)19-20-14)9-4-2-1-3-5-9/h1-8H,(H2,18,19). The van der Waals surface area contributed by atoms with Crippen molar-refractivity contribution in [3.05, 3.63) is 58.0 Å². The second-order valence-electron chi connectivity index (χ2n) is 4.26. The van der Waals surface area contributed by atoms with Gasteiger partial charge in [0.25, 0.3) is 0 Å². The molecule has 0 radical (unpaired) electrons. The zero-order valence-electron chi connectivity index (χ0n) is 10.3. The van der Waals surface area contributed by atoms with Crippen LogP contribution in [-0.2, 0) is 0 Å². The largest absolute Gasteiger partial charge is 0.380 e. The van der Waals surface area contributed by atoms with E-state index in [1.54, 1.807) is 6.07 Å². The lowest BCUT2D eigenvalue weighted by Gasteiger charge is -2.05. The minimum atomic E-state index is 0.349. The zero-order chi connectivity index (χ0) is 14.1. The molecule has 0 saturated heterocycles. The molecule has 0 aliphatic heterocycles. The van der Waals surface area contributed by atoms with Gasteiger partial charge in [-0.05, 0) is 23.8 Å². The molecular weight excluding hydrogens is 340 g/mol. The first-order chi connectivity index (χ1) is 9.66. The predicted octanol–water partition coefficient (Wildman–Crippen LogP) is 5.01. The van der Waals surface area contributed by atoms with Crippen LogP contribution >= 0.6 is 27.5 Å². The average molecular weight is 350 g/mol. The molecule has 1 heterocycles. The van der Waals surface area contributed by atoms with E-state index in [4.69, 9.17) is 21.9 Å². The van der Waals surface area contributed by atoms with Crippen LogP contribution in [0.1, 0.15) is 0 Å². The van der Waals surface area contributed by atoms with Crippen LogP contribution in [0.15, 0.2) is 57.5 Å². The summed E-state index contributed by atoms with van der Waals surface area (Å²) in [6.45, 7) is 0. The van der Waals surface area contributed by atoms with Crippen LogP contribution < -0.4 is 5.73 Å². The van der Waals surface area contributed by atoms with E-state index in [9.17, 15) is 0 Å². The van der Waals surface area contributed by atoms with E-state index in [0.29, 0.717) is 16.6 Å². The molecule has 2 aromatic carbocycles. The number of anilines is 1. The molecule has 0 bridgehead atoms. The van der Waals surface area contributed by atoms with Crippen molar-refractivity contribution >= 4 is 33.3 Å². The molecule has 0 aliphatic rings. The van der Waals surface area contributed by atoms with Gasteiger partial charge in [-0.15, -0.1) is 0 Å². The molecule has 5 heteroatoms. The van der Waals surface area contributed by atoms with Gasteiger partial charge in [-0.2, -0.15) is 0 Å². The lowest BCUT2D eigenvalue weighted by atomic mass is 10.0. The van der Waals surface area contributed by atoms with Crippen LogP contribution in [0.2, 0.25) is 5.02 Å². The summed E-state index contributed by atoms with van der Waals surface area (Å²) < 4.78 is 6.30. The third-order valence-electron chi connectivity index (χ3n) is 2.95.